The van der Waals surface area contributed by atoms with Crippen LogP contribution in [0.3, 0.4) is 0 Å². The third kappa shape index (κ3) is 2.64. The first-order valence-electron chi connectivity index (χ1n) is 6.83. The molecule has 1 aromatic carbocycles. The van der Waals surface area contributed by atoms with Gasteiger partial charge in [0.2, 0.25) is 10.0 Å². The van der Waals surface area contributed by atoms with E-state index in [0.29, 0.717) is 24.3 Å². The van der Waals surface area contributed by atoms with Gasteiger partial charge in [0, 0.05) is 24.8 Å². The predicted octanol–water partition coefficient (Wildman–Crippen LogP) is 2.24. The zero-order valence-electron chi connectivity index (χ0n) is 11.4. The number of nitrogens with zero attached hydrogens (tertiary/aromatic N) is 2. The van der Waals surface area contributed by atoms with E-state index in [1.54, 1.807) is 42.6 Å². The first-order valence-corrected chi connectivity index (χ1v) is 8.27. The lowest BCUT2D eigenvalue weighted by molar-refractivity contribution is 0.475. The minimum atomic E-state index is -3.40. The molecule has 1 fully saturated rings. The summed E-state index contributed by atoms with van der Waals surface area (Å²) < 4.78 is 26.3. The Hall–Kier alpha value is -1.92. The second-order valence-electron chi connectivity index (χ2n) is 5.01. The Balaban J connectivity index is 1.93. The molecule has 1 aliphatic heterocycles. The van der Waals surface area contributed by atoms with Gasteiger partial charge in [0.25, 0.3) is 0 Å². The summed E-state index contributed by atoms with van der Waals surface area (Å²) in [5, 5.41) is 9.78. The van der Waals surface area contributed by atoms with Crippen LogP contribution in [-0.2, 0) is 10.0 Å². The number of hydrogen-bond donors (Lipinski definition) is 1. The van der Waals surface area contributed by atoms with Gasteiger partial charge in [-0.25, -0.2) is 8.42 Å². The van der Waals surface area contributed by atoms with Crippen LogP contribution in [0.5, 0.6) is 5.75 Å². The Morgan fingerprint density at radius 3 is 2.33 bits per heavy atom. The lowest BCUT2D eigenvalue weighted by atomic mass is 10.1. The van der Waals surface area contributed by atoms with E-state index < -0.39 is 10.0 Å². The monoisotopic (exact) mass is 304 g/mol. The molecule has 0 unspecified atom stereocenters. The van der Waals surface area contributed by atoms with Gasteiger partial charge in [0.15, 0.2) is 0 Å². The topological polar surface area (TPSA) is 70.5 Å². The molecule has 2 aromatic rings. The molecule has 0 radical (unpaired) electrons. The Labute approximate surface area is 123 Å². The van der Waals surface area contributed by atoms with Crippen LogP contribution in [0, 0.1) is 0 Å². The summed E-state index contributed by atoms with van der Waals surface area (Å²) in [6.07, 6.45) is 3.42. The highest BCUT2D eigenvalue weighted by Gasteiger charge is 2.26. The highest BCUT2D eigenvalue weighted by molar-refractivity contribution is 7.89. The van der Waals surface area contributed by atoms with E-state index in [4.69, 9.17) is 0 Å². The van der Waals surface area contributed by atoms with Gasteiger partial charge in [-0.3, -0.25) is 4.98 Å². The molecule has 3 rings (SSSR count). The van der Waals surface area contributed by atoms with Crippen LogP contribution >= 0.6 is 0 Å². The van der Waals surface area contributed by atoms with Gasteiger partial charge in [-0.15, -0.1) is 0 Å². The summed E-state index contributed by atoms with van der Waals surface area (Å²) in [4.78, 5) is 4.39. The molecule has 0 spiro atoms. The third-order valence-corrected chi connectivity index (χ3v) is 5.53. The Morgan fingerprint density at radius 2 is 1.71 bits per heavy atom. The first-order chi connectivity index (χ1) is 10.1. The quantitative estimate of drug-likeness (QED) is 0.944. The first kappa shape index (κ1) is 14.0. The summed E-state index contributed by atoms with van der Waals surface area (Å²) in [5.41, 5.74) is 1.14. The zero-order valence-corrected chi connectivity index (χ0v) is 12.3. The fraction of sp³-hybridized carbons (Fsp3) is 0.267. The fourth-order valence-corrected chi connectivity index (χ4v) is 4.00. The van der Waals surface area contributed by atoms with Crippen molar-refractivity contribution < 1.29 is 13.5 Å². The minimum absolute atomic E-state index is 0.0765. The highest BCUT2D eigenvalue weighted by atomic mass is 32.2. The maximum atomic E-state index is 12.4. The molecule has 0 aliphatic carbocycles. The molecule has 1 saturated heterocycles. The molecule has 0 saturated carbocycles. The molecule has 21 heavy (non-hydrogen) atoms. The van der Waals surface area contributed by atoms with Crippen LogP contribution in [0.25, 0.3) is 11.3 Å². The van der Waals surface area contributed by atoms with E-state index in [0.717, 1.165) is 12.8 Å². The van der Waals surface area contributed by atoms with Gasteiger partial charge in [0.1, 0.15) is 11.4 Å². The summed E-state index contributed by atoms with van der Waals surface area (Å²) in [6.45, 7) is 1.18. The van der Waals surface area contributed by atoms with Crippen molar-refractivity contribution in [3.63, 3.8) is 0 Å². The van der Waals surface area contributed by atoms with Crippen molar-refractivity contribution in [2.75, 3.05) is 13.1 Å². The van der Waals surface area contributed by atoms with Gasteiger partial charge < -0.3 is 5.11 Å². The van der Waals surface area contributed by atoms with Gasteiger partial charge in [-0.2, -0.15) is 4.31 Å². The van der Waals surface area contributed by atoms with E-state index in [2.05, 4.69) is 4.98 Å². The average molecular weight is 304 g/mol. The number of aromatic nitrogens is 1. The molecule has 0 amide bonds. The number of sulfonamides is 1. The summed E-state index contributed by atoms with van der Waals surface area (Å²) in [6, 6.07) is 9.67. The van der Waals surface area contributed by atoms with Crippen LogP contribution in [0.2, 0.25) is 0 Å². The zero-order chi connectivity index (χ0) is 14.9. The Kier molecular flexibility index (Phi) is 3.65. The maximum absolute atomic E-state index is 12.4. The molecular formula is C15H16N2O3S. The number of hydrogen-bond acceptors (Lipinski definition) is 4. The van der Waals surface area contributed by atoms with Crippen molar-refractivity contribution in [2.45, 2.75) is 17.7 Å². The molecule has 1 aliphatic rings. The van der Waals surface area contributed by atoms with Crippen LogP contribution in [0.15, 0.2) is 47.5 Å². The Morgan fingerprint density at radius 1 is 1.05 bits per heavy atom. The average Bonchev–Trinajstić information content (AvgIpc) is 3.03. The number of rotatable bonds is 3. The second-order valence-corrected chi connectivity index (χ2v) is 6.94. The van der Waals surface area contributed by atoms with E-state index in [9.17, 15) is 13.5 Å². The molecule has 2 heterocycles. The highest BCUT2D eigenvalue weighted by Crippen LogP contribution is 2.28. The second kappa shape index (κ2) is 5.46. The largest absolute Gasteiger partial charge is 0.506 e. The van der Waals surface area contributed by atoms with Crippen LogP contribution in [0.4, 0.5) is 0 Å². The number of benzene rings is 1. The number of pyridine rings is 1. The molecule has 0 atom stereocenters. The van der Waals surface area contributed by atoms with Crippen molar-refractivity contribution >= 4 is 10.0 Å². The van der Waals surface area contributed by atoms with Crippen LogP contribution < -0.4 is 0 Å². The smallest absolute Gasteiger partial charge is 0.243 e. The minimum Gasteiger partial charge on any atom is -0.506 e. The molecule has 6 heteroatoms. The SMILES string of the molecule is O=S(=O)(c1ccc(-c2ncccc2O)cc1)N1CCCC1. The molecule has 0 bridgehead atoms. The summed E-state index contributed by atoms with van der Waals surface area (Å²) in [5.74, 6) is 0.0765. The van der Waals surface area contributed by atoms with Crippen molar-refractivity contribution in [2.24, 2.45) is 0 Å². The molecule has 1 N–H and O–H groups in total. The van der Waals surface area contributed by atoms with Crippen molar-refractivity contribution in [3.8, 4) is 17.0 Å². The van der Waals surface area contributed by atoms with Gasteiger partial charge in [-0.1, -0.05) is 12.1 Å². The molecule has 110 valence electrons. The third-order valence-electron chi connectivity index (χ3n) is 3.62. The normalized spacial score (nSPS) is 16.2. The summed E-state index contributed by atoms with van der Waals surface area (Å²) >= 11 is 0. The molecular weight excluding hydrogens is 288 g/mol. The van der Waals surface area contributed by atoms with Crippen molar-refractivity contribution in [3.05, 3.63) is 42.6 Å². The van der Waals surface area contributed by atoms with E-state index >= 15 is 0 Å². The van der Waals surface area contributed by atoms with Gasteiger partial charge in [0.05, 0.1) is 4.90 Å². The van der Waals surface area contributed by atoms with Crippen molar-refractivity contribution in [1.82, 2.24) is 9.29 Å². The maximum Gasteiger partial charge on any atom is 0.243 e. The number of aromatic hydroxyl groups is 1. The van der Waals surface area contributed by atoms with Crippen molar-refractivity contribution in [1.29, 1.82) is 0 Å². The molecule has 5 nitrogen and oxygen atoms in total. The Bertz CT molecular complexity index is 736. The summed E-state index contributed by atoms with van der Waals surface area (Å²) in [7, 11) is -3.40. The van der Waals surface area contributed by atoms with Crippen LogP contribution in [0.1, 0.15) is 12.8 Å². The lowest BCUT2D eigenvalue weighted by Gasteiger charge is -2.15. The van der Waals surface area contributed by atoms with E-state index in [1.807, 2.05) is 0 Å². The fourth-order valence-electron chi connectivity index (χ4n) is 2.48. The standard InChI is InChI=1S/C15H16N2O3S/c18-14-4-3-9-16-15(14)12-5-7-13(8-6-12)21(19,20)17-10-1-2-11-17/h3-9,18H,1-2,10-11H2. The van der Waals surface area contributed by atoms with E-state index in [1.165, 1.54) is 4.31 Å². The molecule has 1 aromatic heterocycles. The van der Waals surface area contributed by atoms with Crippen LogP contribution in [-0.4, -0.2) is 35.9 Å². The van der Waals surface area contributed by atoms with Gasteiger partial charge in [-0.05, 0) is 37.1 Å². The lowest BCUT2D eigenvalue weighted by Crippen LogP contribution is -2.27. The van der Waals surface area contributed by atoms with Gasteiger partial charge >= 0.3 is 0 Å². The van der Waals surface area contributed by atoms with E-state index in [-0.39, 0.29) is 10.6 Å². The predicted molar refractivity (Wildman–Crippen MR) is 79.3 cm³/mol.